The third-order valence-electron chi connectivity index (χ3n) is 3.43. The lowest BCUT2D eigenvalue weighted by atomic mass is 10.1. The van der Waals surface area contributed by atoms with Gasteiger partial charge in [-0.25, -0.2) is 13.2 Å². The normalized spacial score (nSPS) is 11.0. The van der Waals surface area contributed by atoms with Gasteiger partial charge in [-0.2, -0.15) is 0 Å². The minimum absolute atomic E-state index is 0.108. The third kappa shape index (κ3) is 5.22. The van der Waals surface area contributed by atoms with E-state index in [1.807, 2.05) is 26.0 Å². The fraction of sp³-hybridized carbons (Fsp3) is 0.278. The van der Waals surface area contributed by atoms with Crippen LogP contribution < -0.4 is 9.46 Å². The molecule has 0 saturated heterocycles. The second kappa shape index (κ2) is 8.02. The Balaban J connectivity index is 2.09. The van der Waals surface area contributed by atoms with Gasteiger partial charge in [0.2, 0.25) is 0 Å². The molecule has 0 atom stereocenters. The molecule has 6 nitrogen and oxygen atoms in total. The predicted molar refractivity (Wildman–Crippen MR) is 95.3 cm³/mol. The Labute approximate surface area is 147 Å². The highest BCUT2D eigenvalue weighted by Crippen LogP contribution is 2.22. The first-order valence-corrected chi connectivity index (χ1v) is 9.28. The van der Waals surface area contributed by atoms with Crippen LogP contribution in [0.1, 0.15) is 18.1 Å². The quantitative estimate of drug-likeness (QED) is 0.765. The van der Waals surface area contributed by atoms with Gasteiger partial charge in [-0.1, -0.05) is 12.1 Å². The molecule has 2 aromatic rings. The van der Waals surface area contributed by atoms with E-state index in [0.29, 0.717) is 11.4 Å². The lowest BCUT2D eigenvalue weighted by molar-refractivity contribution is -0.145. The van der Waals surface area contributed by atoms with E-state index in [0.717, 1.165) is 11.1 Å². The first kappa shape index (κ1) is 18.8. The van der Waals surface area contributed by atoms with Gasteiger partial charge >= 0.3 is 5.97 Å². The molecule has 0 unspecified atom stereocenters. The number of sulfonamides is 1. The van der Waals surface area contributed by atoms with Gasteiger partial charge in [-0.15, -0.1) is 0 Å². The number of ether oxygens (including phenoxy) is 2. The minimum Gasteiger partial charge on any atom is -0.482 e. The molecule has 0 heterocycles. The third-order valence-corrected chi connectivity index (χ3v) is 4.81. The molecule has 7 heteroatoms. The molecule has 134 valence electrons. The van der Waals surface area contributed by atoms with Gasteiger partial charge in [-0.3, -0.25) is 4.72 Å². The number of aryl methyl sites for hydroxylation is 2. The summed E-state index contributed by atoms with van der Waals surface area (Å²) in [6.07, 6.45) is 0. The van der Waals surface area contributed by atoms with Crippen molar-refractivity contribution in [1.82, 2.24) is 0 Å². The molecule has 0 amide bonds. The molecule has 0 aliphatic carbocycles. The fourth-order valence-corrected chi connectivity index (χ4v) is 3.23. The van der Waals surface area contributed by atoms with E-state index < -0.39 is 16.0 Å². The highest BCUT2D eigenvalue weighted by molar-refractivity contribution is 7.92. The van der Waals surface area contributed by atoms with E-state index in [9.17, 15) is 13.2 Å². The lowest BCUT2D eigenvalue weighted by Gasteiger charge is -2.12. The van der Waals surface area contributed by atoms with E-state index in [1.54, 1.807) is 13.0 Å². The van der Waals surface area contributed by atoms with E-state index in [-0.39, 0.29) is 18.1 Å². The summed E-state index contributed by atoms with van der Waals surface area (Å²) >= 11 is 0. The summed E-state index contributed by atoms with van der Waals surface area (Å²) in [5.41, 5.74) is 2.34. The monoisotopic (exact) mass is 363 g/mol. The van der Waals surface area contributed by atoms with Crippen molar-refractivity contribution in [3.63, 3.8) is 0 Å². The van der Waals surface area contributed by atoms with Crippen LogP contribution in [0.15, 0.2) is 47.4 Å². The zero-order valence-corrected chi connectivity index (χ0v) is 15.2. The summed E-state index contributed by atoms with van der Waals surface area (Å²) in [6, 6.07) is 11.4. The van der Waals surface area contributed by atoms with Crippen LogP contribution in [-0.4, -0.2) is 27.6 Å². The van der Waals surface area contributed by atoms with Crippen LogP contribution in [0, 0.1) is 13.8 Å². The maximum atomic E-state index is 12.5. The van der Waals surface area contributed by atoms with Crippen molar-refractivity contribution in [3.8, 4) is 5.75 Å². The number of nitrogens with one attached hydrogen (secondary N) is 1. The largest absolute Gasteiger partial charge is 0.482 e. The standard InChI is InChI=1S/C18H21NO5S/c1-4-23-18(20)12-24-15-7-9-16(10-8-15)25(21,22)19-17-11-13(2)5-6-14(17)3/h5-11,19H,4,12H2,1-3H3. The number of carbonyl (C=O) groups excluding carboxylic acids is 1. The lowest BCUT2D eigenvalue weighted by Crippen LogP contribution is -2.15. The Kier molecular flexibility index (Phi) is 6.03. The number of esters is 1. The van der Waals surface area contributed by atoms with Crippen LogP contribution in [0.5, 0.6) is 5.75 Å². The second-order valence-electron chi connectivity index (χ2n) is 5.49. The Bertz CT molecular complexity index is 844. The van der Waals surface area contributed by atoms with Crippen molar-refractivity contribution >= 4 is 21.7 Å². The van der Waals surface area contributed by atoms with Crippen LogP contribution in [0.2, 0.25) is 0 Å². The Hall–Kier alpha value is -2.54. The number of benzene rings is 2. The maximum Gasteiger partial charge on any atom is 0.344 e. The number of hydrogen-bond donors (Lipinski definition) is 1. The zero-order valence-electron chi connectivity index (χ0n) is 14.4. The molecular weight excluding hydrogens is 342 g/mol. The van der Waals surface area contributed by atoms with E-state index in [2.05, 4.69) is 4.72 Å². The average Bonchev–Trinajstić information content (AvgIpc) is 2.57. The van der Waals surface area contributed by atoms with Crippen molar-refractivity contribution in [2.45, 2.75) is 25.7 Å². The molecule has 1 N–H and O–H groups in total. The summed E-state index contributed by atoms with van der Waals surface area (Å²) in [5.74, 6) is -0.0884. The first-order chi connectivity index (χ1) is 11.8. The highest BCUT2D eigenvalue weighted by Gasteiger charge is 2.15. The summed E-state index contributed by atoms with van der Waals surface area (Å²) in [7, 11) is -3.71. The van der Waals surface area contributed by atoms with Crippen LogP contribution >= 0.6 is 0 Å². The number of rotatable bonds is 7. The molecule has 2 aromatic carbocycles. The molecule has 0 fully saturated rings. The summed E-state index contributed by atoms with van der Waals surface area (Å²) in [4.78, 5) is 11.4. The number of carbonyl (C=O) groups is 1. The van der Waals surface area contributed by atoms with Crippen LogP contribution in [-0.2, 0) is 19.6 Å². The molecular formula is C18H21NO5S. The van der Waals surface area contributed by atoms with Crippen molar-refractivity contribution in [2.24, 2.45) is 0 Å². The summed E-state index contributed by atoms with van der Waals surface area (Å²) in [6.45, 7) is 5.50. The van der Waals surface area contributed by atoms with Crippen LogP contribution in [0.3, 0.4) is 0 Å². The summed E-state index contributed by atoms with van der Waals surface area (Å²) in [5, 5.41) is 0. The SMILES string of the molecule is CCOC(=O)COc1ccc(S(=O)(=O)Nc2cc(C)ccc2C)cc1. The average molecular weight is 363 g/mol. The van der Waals surface area contributed by atoms with Crippen molar-refractivity contribution in [2.75, 3.05) is 17.9 Å². The van der Waals surface area contributed by atoms with E-state index in [1.165, 1.54) is 24.3 Å². The minimum atomic E-state index is -3.71. The summed E-state index contributed by atoms with van der Waals surface area (Å²) < 4.78 is 37.6. The van der Waals surface area contributed by atoms with Gasteiger partial charge in [0.25, 0.3) is 10.0 Å². The second-order valence-corrected chi connectivity index (χ2v) is 7.17. The Morgan fingerprint density at radius 1 is 1.08 bits per heavy atom. The van der Waals surface area contributed by atoms with Gasteiger partial charge in [0, 0.05) is 0 Å². The van der Waals surface area contributed by atoms with E-state index >= 15 is 0 Å². The fourth-order valence-electron chi connectivity index (χ4n) is 2.11. The van der Waals surface area contributed by atoms with Gasteiger partial charge in [0.1, 0.15) is 5.75 Å². The van der Waals surface area contributed by atoms with Gasteiger partial charge < -0.3 is 9.47 Å². The Morgan fingerprint density at radius 2 is 1.76 bits per heavy atom. The van der Waals surface area contributed by atoms with Crippen LogP contribution in [0.25, 0.3) is 0 Å². The maximum absolute atomic E-state index is 12.5. The molecule has 2 rings (SSSR count). The van der Waals surface area contributed by atoms with Gasteiger partial charge in [-0.05, 0) is 62.2 Å². The molecule has 0 radical (unpaired) electrons. The molecule has 0 bridgehead atoms. The molecule has 25 heavy (non-hydrogen) atoms. The van der Waals surface area contributed by atoms with Crippen molar-refractivity contribution in [3.05, 3.63) is 53.6 Å². The molecule has 0 saturated carbocycles. The van der Waals surface area contributed by atoms with Crippen molar-refractivity contribution in [1.29, 1.82) is 0 Å². The molecule has 0 aromatic heterocycles. The highest BCUT2D eigenvalue weighted by atomic mass is 32.2. The zero-order chi connectivity index (χ0) is 18.4. The predicted octanol–water partition coefficient (Wildman–Crippen LogP) is 3.05. The van der Waals surface area contributed by atoms with E-state index in [4.69, 9.17) is 9.47 Å². The Morgan fingerprint density at radius 3 is 2.40 bits per heavy atom. The topological polar surface area (TPSA) is 81.7 Å². The smallest absolute Gasteiger partial charge is 0.344 e. The number of anilines is 1. The molecule has 0 spiro atoms. The van der Waals surface area contributed by atoms with Crippen LogP contribution in [0.4, 0.5) is 5.69 Å². The first-order valence-electron chi connectivity index (χ1n) is 7.80. The van der Waals surface area contributed by atoms with Gasteiger partial charge in [0.05, 0.1) is 17.2 Å². The van der Waals surface area contributed by atoms with Gasteiger partial charge in [0.15, 0.2) is 6.61 Å². The number of hydrogen-bond acceptors (Lipinski definition) is 5. The molecule has 0 aliphatic heterocycles. The molecule has 0 aliphatic rings. The van der Waals surface area contributed by atoms with Crippen molar-refractivity contribution < 1.29 is 22.7 Å².